The van der Waals surface area contributed by atoms with Gasteiger partial charge in [0, 0.05) is 24.6 Å². The number of amides is 3. The average Bonchev–Trinajstić information content (AvgIpc) is 3.37. The third kappa shape index (κ3) is 5.55. The third-order valence-electron chi connectivity index (χ3n) is 6.40. The van der Waals surface area contributed by atoms with Crippen molar-refractivity contribution in [3.8, 4) is 11.5 Å². The molecule has 3 aromatic rings. The summed E-state index contributed by atoms with van der Waals surface area (Å²) in [5, 5.41) is 45.8. The number of benzene rings is 2. The Labute approximate surface area is 240 Å². The Morgan fingerprint density at radius 1 is 1.17 bits per heavy atom. The summed E-state index contributed by atoms with van der Waals surface area (Å²) in [5.74, 6) is -3.49. The van der Waals surface area contributed by atoms with Gasteiger partial charge < -0.3 is 26.0 Å². The predicted molar refractivity (Wildman–Crippen MR) is 146 cm³/mol. The normalized spacial score (nSPS) is 18.8. The van der Waals surface area contributed by atoms with Gasteiger partial charge in [-0.25, -0.2) is 9.48 Å². The first-order valence-corrected chi connectivity index (χ1v) is 14.1. The van der Waals surface area contributed by atoms with E-state index in [2.05, 4.69) is 26.2 Å². The van der Waals surface area contributed by atoms with E-state index in [1.807, 2.05) is 0 Å². The van der Waals surface area contributed by atoms with Gasteiger partial charge in [-0.05, 0) is 33.7 Å². The van der Waals surface area contributed by atoms with E-state index in [0.29, 0.717) is 22.0 Å². The fourth-order valence-corrected chi connectivity index (χ4v) is 6.73. The largest absolute Gasteiger partial charge is 0.508 e. The quantitative estimate of drug-likeness (QED) is 0.170. The lowest BCUT2D eigenvalue weighted by Crippen LogP contribution is -2.71. The van der Waals surface area contributed by atoms with Crippen LogP contribution in [0.4, 0.5) is 0 Å². The number of tetrazole rings is 1. The summed E-state index contributed by atoms with van der Waals surface area (Å²) in [6.45, 7) is 0. The third-order valence-corrected chi connectivity index (χ3v) is 8.84. The van der Waals surface area contributed by atoms with Crippen LogP contribution in [0.3, 0.4) is 0 Å². The number of nitrogens with zero attached hydrogens (tertiary/aromatic N) is 5. The van der Waals surface area contributed by atoms with E-state index < -0.39 is 46.9 Å². The summed E-state index contributed by atoms with van der Waals surface area (Å²) in [7, 11) is 1.66. The first-order valence-electron chi connectivity index (χ1n) is 12.1. The first kappa shape index (κ1) is 28.0. The van der Waals surface area contributed by atoms with Crippen LogP contribution >= 0.6 is 23.5 Å². The van der Waals surface area contributed by atoms with Crippen LogP contribution in [0.1, 0.15) is 22.0 Å². The molecule has 2 aromatic carbocycles. The van der Waals surface area contributed by atoms with E-state index in [-0.39, 0.29) is 22.8 Å². The second-order valence-corrected chi connectivity index (χ2v) is 11.1. The zero-order valence-corrected chi connectivity index (χ0v) is 22.9. The van der Waals surface area contributed by atoms with Gasteiger partial charge in [-0.1, -0.05) is 42.1 Å². The summed E-state index contributed by atoms with van der Waals surface area (Å²) >= 11 is 2.55. The van der Waals surface area contributed by atoms with E-state index >= 15 is 0 Å². The number of aromatic hydroxyl groups is 2. The minimum atomic E-state index is -1.26. The number of carboxylic acid groups (broad SMARTS) is 1. The van der Waals surface area contributed by atoms with E-state index in [9.17, 15) is 34.5 Å². The maximum absolute atomic E-state index is 13.5. The number of nitrogens with one attached hydrogen (secondary N) is 2. The number of aryl methyl sites for hydroxylation is 1. The number of carbonyl (C=O) groups is 4. The minimum Gasteiger partial charge on any atom is -0.508 e. The summed E-state index contributed by atoms with van der Waals surface area (Å²) < 4.78 is 1.45. The second-order valence-electron chi connectivity index (χ2n) is 9.05. The Balaban J connectivity index is 1.33. The number of hydrogen-bond donors (Lipinski definition) is 5. The van der Waals surface area contributed by atoms with Crippen molar-refractivity contribution in [1.29, 1.82) is 0 Å². The number of phenols is 2. The highest BCUT2D eigenvalue weighted by Gasteiger charge is 2.54. The molecule has 3 heterocycles. The molecule has 5 N–H and O–H groups in total. The number of aliphatic carboxylic acids is 1. The molecule has 1 unspecified atom stereocenters. The van der Waals surface area contributed by atoms with Crippen LogP contribution in [0.2, 0.25) is 0 Å². The van der Waals surface area contributed by atoms with Gasteiger partial charge in [-0.3, -0.25) is 19.3 Å². The number of carbonyl (C=O) groups excluding carboxylic acids is 3. The lowest BCUT2D eigenvalue weighted by molar-refractivity contribution is -0.151. The maximum Gasteiger partial charge on any atom is 0.352 e. The van der Waals surface area contributed by atoms with E-state index in [0.717, 1.165) is 11.0 Å². The summed E-state index contributed by atoms with van der Waals surface area (Å²) in [6, 6.07) is 9.48. The van der Waals surface area contributed by atoms with Crippen molar-refractivity contribution >= 4 is 47.2 Å². The highest BCUT2D eigenvalue weighted by Crippen LogP contribution is 2.41. The smallest absolute Gasteiger partial charge is 0.352 e. The van der Waals surface area contributed by atoms with Gasteiger partial charge >= 0.3 is 5.97 Å². The molecule has 2 aliphatic rings. The molecule has 0 spiro atoms. The van der Waals surface area contributed by atoms with Gasteiger partial charge in [0.2, 0.25) is 11.1 Å². The summed E-state index contributed by atoms with van der Waals surface area (Å²) in [5.41, 5.74) is 0.639. The SMILES string of the molecule is Cn1nnnc1SCC1=C(C(=O)O)N2C(=O)C(NC(=O)[C@@H](NC(=O)c3ccc(O)cc3O)c3ccccc3)[C@@H]2SC1. The molecular weight excluding hydrogens is 574 g/mol. The molecule has 16 heteroatoms. The molecule has 0 saturated carbocycles. The number of carboxylic acids is 1. The number of fused-ring (bicyclic) bond motifs is 1. The number of rotatable bonds is 9. The lowest BCUT2D eigenvalue weighted by atomic mass is 10.0. The van der Waals surface area contributed by atoms with Gasteiger partial charge in [0.05, 0.1) is 5.56 Å². The molecule has 1 aromatic heterocycles. The molecular formula is C25H23N7O7S2. The number of aromatic nitrogens is 4. The lowest BCUT2D eigenvalue weighted by Gasteiger charge is -2.49. The summed E-state index contributed by atoms with van der Waals surface area (Å²) in [6.07, 6.45) is 0. The molecule has 3 amide bonds. The molecule has 2 aliphatic heterocycles. The second kappa shape index (κ2) is 11.5. The van der Waals surface area contributed by atoms with Gasteiger partial charge in [0.25, 0.3) is 11.8 Å². The molecule has 41 heavy (non-hydrogen) atoms. The van der Waals surface area contributed by atoms with Crippen LogP contribution in [0.25, 0.3) is 0 Å². The van der Waals surface area contributed by atoms with Gasteiger partial charge in [-0.15, -0.1) is 16.9 Å². The molecule has 5 rings (SSSR count). The van der Waals surface area contributed by atoms with Crippen LogP contribution in [0.15, 0.2) is 65.0 Å². The van der Waals surface area contributed by atoms with Gasteiger partial charge in [0.1, 0.15) is 34.7 Å². The monoisotopic (exact) mass is 597 g/mol. The number of hydrogen-bond acceptors (Lipinski definition) is 11. The summed E-state index contributed by atoms with van der Waals surface area (Å²) in [4.78, 5) is 52.9. The highest BCUT2D eigenvalue weighted by molar-refractivity contribution is 8.01. The van der Waals surface area contributed by atoms with Crippen LogP contribution in [0, 0.1) is 0 Å². The molecule has 0 aliphatic carbocycles. The van der Waals surface area contributed by atoms with Crippen LogP contribution in [-0.4, -0.2) is 87.0 Å². The van der Waals surface area contributed by atoms with Crippen molar-refractivity contribution < 1.29 is 34.5 Å². The molecule has 1 saturated heterocycles. The molecule has 14 nitrogen and oxygen atoms in total. The maximum atomic E-state index is 13.5. The zero-order chi connectivity index (χ0) is 29.3. The number of β-lactam (4-membered cyclic amide) rings is 1. The van der Waals surface area contributed by atoms with E-state index in [1.165, 1.54) is 40.3 Å². The number of thioether (sulfide) groups is 2. The first-order chi connectivity index (χ1) is 19.7. The van der Waals surface area contributed by atoms with Crippen molar-refractivity contribution in [3.05, 3.63) is 70.9 Å². The Morgan fingerprint density at radius 3 is 2.59 bits per heavy atom. The predicted octanol–water partition coefficient (Wildman–Crippen LogP) is 0.623. The van der Waals surface area contributed by atoms with E-state index in [1.54, 1.807) is 37.4 Å². The van der Waals surface area contributed by atoms with Crippen LogP contribution in [-0.2, 0) is 21.4 Å². The highest BCUT2D eigenvalue weighted by atomic mass is 32.2. The Kier molecular flexibility index (Phi) is 7.85. The van der Waals surface area contributed by atoms with E-state index in [4.69, 9.17) is 0 Å². The number of phenolic OH excluding ortho intramolecular Hbond substituents is 2. The zero-order valence-electron chi connectivity index (χ0n) is 21.3. The molecule has 3 atom stereocenters. The van der Waals surface area contributed by atoms with Crippen molar-refractivity contribution in [1.82, 2.24) is 35.7 Å². The standard InChI is InChI=1S/C25H23N7O7S2/c1-31-25(28-29-30-31)41-11-13-10-40-23-18(22(37)32(23)19(13)24(38)39)27-21(36)17(12-5-3-2-4-6-12)26-20(35)15-8-7-14(33)9-16(15)34/h2-9,17-18,23,33-34H,10-11H2,1H3,(H,26,35)(H,27,36)(H,38,39)/t17-,18?,23-/m0/s1. The Hall–Kier alpha value is -4.57. The molecule has 0 radical (unpaired) electrons. The van der Waals surface area contributed by atoms with Gasteiger partial charge in [0.15, 0.2) is 0 Å². The topological polar surface area (TPSA) is 200 Å². The molecule has 212 valence electrons. The van der Waals surface area contributed by atoms with Crippen molar-refractivity contribution in [2.45, 2.75) is 22.6 Å². The van der Waals surface area contributed by atoms with Crippen LogP contribution < -0.4 is 10.6 Å². The minimum absolute atomic E-state index is 0.136. The van der Waals surface area contributed by atoms with Crippen molar-refractivity contribution in [2.24, 2.45) is 7.05 Å². The van der Waals surface area contributed by atoms with Crippen LogP contribution in [0.5, 0.6) is 11.5 Å². The average molecular weight is 598 g/mol. The fraction of sp³-hybridized carbons (Fsp3) is 0.240. The fourth-order valence-electron chi connectivity index (χ4n) is 4.39. The Morgan fingerprint density at radius 2 is 1.93 bits per heavy atom. The Bertz CT molecular complexity index is 1560. The van der Waals surface area contributed by atoms with Gasteiger partial charge in [-0.2, -0.15) is 0 Å². The molecule has 1 fully saturated rings. The van der Waals surface area contributed by atoms with Crippen molar-refractivity contribution in [3.63, 3.8) is 0 Å². The molecule has 0 bridgehead atoms. The van der Waals surface area contributed by atoms with Crippen molar-refractivity contribution in [2.75, 3.05) is 11.5 Å².